The van der Waals surface area contributed by atoms with Crippen molar-refractivity contribution in [2.45, 2.75) is 0 Å². The van der Waals surface area contributed by atoms with Crippen LogP contribution in [0, 0.1) is 5.82 Å². The number of amides is 1. The number of hydrogen-bond donors (Lipinski definition) is 2. The van der Waals surface area contributed by atoms with Crippen molar-refractivity contribution in [2.24, 2.45) is 0 Å². The lowest BCUT2D eigenvalue weighted by molar-refractivity contribution is 0.102. The molecule has 0 bridgehead atoms. The highest BCUT2D eigenvalue weighted by Crippen LogP contribution is 2.26. The summed E-state index contributed by atoms with van der Waals surface area (Å²) in [6.07, 6.45) is 1.34. The molecular formula is C13H10Cl2FN3O. The van der Waals surface area contributed by atoms with E-state index in [1.165, 1.54) is 25.4 Å². The molecule has 7 heteroatoms. The first-order valence-corrected chi connectivity index (χ1v) is 6.37. The second kappa shape index (κ2) is 6.07. The molecule has 0 saturated heterocycles. The SMILES string of the molecule is CNc1nccc(C(=O)Nc2ccc(Cl)cc2Cl)c1F. The van der Waals surface area contributed by atoms with Gasteiger partial charge >= 0.3 is 0 Å². The van der Waals surface area contributed by atoms with Crippen LogP contribution in [-0.2, 0) is 0 Å². The van der Waals surface area contributed by atoms with E-state index in [0.717, 1.165) is 0 Å². The molecule has 20 heavy (non-hydrogen) atoms. The Hall–Kier alpha value is -1.85. The standard InChI is InChI=1S/C13H10Cl2FN3O/c1-17-12-11(16)8(4-5-18-12)13(20)19-10-3-2-7(14)6-9(10)15/h2-6H,1H3,(H,17,18)(H,19,20). The Morgan fingerprint density at radius 1 is 1.30 bits per heavy atom. The molecule has 0 aliphatic rings. The number of aromatic nitrogens is 1. The van der Waals surface area contributed by atoms with Gasteiger partial charge in [0.05, 0.1) is 16.3 Å². The average Bonchev–Trinajstić information content (AvgIpc) is 2.42. The van der Waals surface area contributed by atoms with E-state index in [0.29, 0.717) is 10.7 Å². The van der Waals surface area contributed by atoms with Crippen molar-refractivity contribution >= 4 is 40.6 Å². The maximum Gasteiger partial charge on any atom is 0.258 e. The normalized spacial score (nSPS) is 10.2. The molecule has 1 amide bonds. The van der Waals surface area contributed by atoms with Gasteiger partial charge in [0.1, 0.15) is 0 Å². The van der Waals surface area contributed by atoms with Gasteiger partial charge in [0.2, 0.25) is 0 Å². The Balaban J connectivity index is 2.28. The molecule has 0 unspecified atom stereocenters. The Bertz CT molecular complexity index is 664. The van der Waals surface area contributed by atoms with Crippen LogP contribution < -0.4 is 10.6 Å². The Morgan fingerprint density at radius 3 is 2.70 bits per heavy atom. The zero-order valence-electron chi connectivity index (χ0n) is 10.4. The molecule has 0 atom stereocenters. The Kier molecular flexibility index (Phi) is 4.42. The summed E-state index contributed by atoms with van der Waals surface area (Å²) >= 11 is 11.7. The van der Waals surface area contributed by atoms with Gasteiger partial charge in [0.15, 0.2) is 11.6 Å². The number of rotatable bonds is 3. The first-order chi connectivity index (χ1) is 9.52. The van der Waals surface area contributed by atoms with Gasteiger partial charge in [-0.05, 0) is 24.3 Å². The van der Waals surface area contributed by atoms with Crippen LogP contribution >= 0.6 is 23.2 Å². The summed E-state index contributed by atoms with van der Waals surface area (Å²) in [5.41, 5.74) is 0.221. The van der Waals surface area contributed by atoms with Crippen LogP contribution in [0.15, 0.2) is 30.5 Å². The summed E-state index contributed by atoms with van der Waals surface area (Å²) in [4.78, 5) is 15.8. The van der Waals surface area contributed by atoms with Gasteiger partial charge in [-0.2, -0.15) is 0 Å². The summed E-state index contributed by atoms with van der Waals surface area (Å²) in [7, 11) is 1.52. The number of carbonyl (C=O) groups excluding carboxylic acids is 1. The van der Waals surface area contributed by atoms with E-state index in [4.69, 9.17) is 23.2 Å². The number of nitrogens with one attached hydrogen (secondary N) is 2. The largest absolute Gasteiger partial charge is 0.371 e. The highest BCUT2D eigenvalue weighted by molar-refractivity contribution is 6.36. The van der Waals surface area contributed by atoms with Crippen molar-refractivity contribution < 1.29 is 9.18 Å². The predicted octanol–water partition coefficient (Wildman–Crippen LogP) is 3.82. The molecule has 0 saturated carbocycles. The van der Waals surface area contributed by atoms with Crippen molar-refractivity contribution in [2.75, 3.05) is 17.7 Å². The maximum absolute atomic E-state index is 14.0. The van der Waals surface area contributed by atoms with Crippen LogP contribution in [0.5, 0.6) is 0 Å². The van der Waals surface area contributed by atoms with Crippen molar-refractivity contribution in [1.82, 2.24) is 4.98 Å². The number of halogens is 3. The molecule has 0 radical (unpaired) electrons. The monoisotopic (exact) mass is 313 g/mol. The number of anilines is 2. The fourth-order valence-corrected chi connectivity index (χ4v) is 2.03. The molecule has 1 aromatic heterocycles. The highest BCUT2D eigenvalue weighted by atomic mass is 35.5. The zero-order chi connectivity index (χ0) is 14.7. The van der Waals surface area contributed by atoms with E-state index in [9.17, 15) is 9.18 Å². The smallest absolute Gasteiger partial charge is 0.258 e. The molecule has 4 nitrogen and oxygen atoms in total. The summed E-state index contributed by atoms with van der Waals surface area (Å²) in [6.45, 7) is 0. The van der Waals surface area contributed by atoms with Crippen LogP contribution in [0.2, 0.25) is 10.0 Å². The van der Waals surface area contributed by atoms with Gasteiger partial charge in [-0.1, -0.05) is 23.2 Å². The first-order valence-electron chi connectivity index (χ1n) is 5.61. The van der Waals surface area contributed by atoms with Gasteiger partial charge in [-0.25, -0.2) is 9.37 Å². The van der Waals surface area contributed by atoms with Crippen molar-refractivity contribution in [1.29, 1.82) is 0 Å². The second-order valence-corrected chi connectivity index (χ2v) is 4.69. The Labute approximate surface area is 124 Å². The maximum atomic E-state index is 14.0. The molecule has 0 aliphatic heterocycles. The average molecular weight is 314 g/mol. The van der Waals surface area contributed by atoms with E-state index in [1.54, 1.807) is 12.1 Å². The molecule has 2 aromatic rings. The molecule has 2 rings (SSSR count). The third kappa shape index (κ3) is 3.00. The summed E-state index contributed by atoms with van der Waals surface area (Å²) in [6, 6.07) is 5.89. The number of pyridine rings is 1. The van der Waals surface area contributed by atoms with Crippen LogP contribution in [0.3, 0.4) is 0 Å². The van der Waals surface area contributed by atoms with E-state index < -0.39 is 11.7 Å². The fraction of sp³-hybridized carbons (Fsp3) is 0.0769. The quantitative estimate of drug-likeness (QED) is 0.905. The second-order valence-electron chi connectivity index (χ2n) is 3.85. The number of carbonyl (C=O) groups is 1. The highest BCUT2D eigenvalue weighted by Gasteiger charge is 2.16. The molecule has 0 fully saturated rings. The van der Waals surface area contributed by atoms with Gasteiger partial charge < -0.3 is 10.6 Å². The molecular weight excluding hydrogens is 304 g/mol. The minimum absolute atomic E-state index is 0.000136. The molecule has 1 heterocycles. The minimum atomic E-state index is -0.724. The van der Waals surface area contributed by atoms with Gasteiger partial charge in [0.25, 0.3) is 5.91 Å². The van der Waals surface area contributed by atoms with Crippen molar-refractivity contribution in [3.8, 4) is 0 Å². The van der Waals surface area contributed by atoms with Crippen molar-refractivity contribution in [3.63, 3.8) is 0 Å². The van der Waals surface area contributed by atoms with Gasteiger partial charge in [-0.15, -0.1) is 0 Å². The molecule has 104 valence electrons. The fourth-order valence-electron chi connectivity index (χ4n) is 1.57. The topological polar surface area (TPSA) is 54.0 Å². The lowest BCUT2D eigenvalue weighted by atomic mass is 10.2. The number of hydrogen-bond acceptors (Lipinski definition) is 3. The predicted molar refractivity (Wildman–Crippen MR) is 78.2 cm³/mol. The lowest BCUT2D eigenvalue weighted by Gasteiger charge is -2.09. The van der Waals surface area contributed by atoms with Gasteiger partial charge in [0, 0.05) is 18.3 Å². The van der Waals surface area contributed by atoms with Crippen molar-refractivity contribution in [3.05, 3.63) is 51.9 Å². The summed E-state index contributed by atoms with van der Waals surface area (Å²) < 4.78 is 14.0. The molecule has 2 N–H and O–H groups in total. The molecule has 1 aromatic carbocycles. The van der Waals surface area contributed by atoms with Crippen LogP contribution in [0.25, 0.3) is 0 Å². The van der Waals surface area contributed by atoms with Crippen LogP contribution in [0.4, 0.5) is 15.9 Å². The minimum Gasteiger partial charge on any atom is -0.371 e. The summed E-state index contributed by atoms with van der Waals surface area (Å²) in [5.74, 6) is -1.34. The van der Waals surface area contributed by atoms with Crippen LogP contribution in [-0.4, -0.2) is 17.9 Å². The third-order valence-electron chi connectivity index (χ3n) is 2.55. The molecule has 0 aliphatic carbocycles. The number of benzene rings is 1. The zero-order valence-corrected chi connectivity index (χ0v) is 11.9. The summed E-state index contributed by atoms with van der Waals surface area (Å²) in [5, 5.41) is 5.80. The van der Waals surface area contributed by atoms with Crippen LogP contribution in [0.1, 0.15) is 10.4 Å². The van der Waals surface area contributed by atoms with E-state index in [2.05, 4.69) is 15.6 Å². The van der Waals surface area contributed by atoms with E-state index in [1.807, 2.05) is 0 Å². The van der Waals surface area contributed by atoms with E-state index in [-0.39, 0.29) is 16.4 Å². The third-order valence-corrected chi connectivity index (χ3v) is 3.10. The molecule has 0 spiro atoms. The lowest BCUT2D eigenvalue weighted by Crippen LogP contribution is -2.15. The van der Waals surface area contributed by atoms with Gasteiger partial charge in [-0.3, -0.25) is 4.79 Å². The Morgan fingerprint density at radius 2 is 2.05 bits per heavy atom. The number of nitrogens with zero attached hydrogens (tertiary/aromatic N) is 1. The van der Waals surface area contributed by atoms with E-state index >= 15 is 0 Å². The first kappa shape index (κ1) is 14.6.